The van der Waals surface area contributed by atoms with Gasteiger partial charge < -0.3 is 0 Å². The second-order valence-electron chi connectivity index (χ2n) is 2.20. The van der Waals surface area contributed by atoms with Crippen LogP contribution in [0.15, 0.2) is 42.6 Å². The van der Waals surface area contributed by atoms with Crippen LogP contribution in [0.25, 0.3) is 10.9 Å². The number of hydrogen-bond acceptors (Lipinski definition) is 1. The van der Waals surface area contributed by atoms with Crippen LogP contribution in [-0.2, 0) is 17.1 Å². The zero-order valence-corrected chi connectivity index (χ0v) is 8.23. The average Bonchev–Trinajstić information content (AvgIpc) is 2.05. The number of aromatic nitrogens is 1. The third-order valence-corrected chi connectivity index (χ3v) is 1.51. The summed E-state index contributed by atoms with van der Waals surface area (Å²) < 4.78 is 0. The normalized spacial score (nSPS) is 8.33. The third-order valence-electron chi connectivity index (χ3n) is 1.51. The van der Waals surface area contributed by atoms with E-state index in [0.29, 0.717) is 0 Å². The molecule has 0 aliphatic carbocycles. The fraction of sp³-hybridized carbons (Fsp3) is 0. The number of fused-ring (bicyclic) bond motifs is 1. The van der Waals surface area contributed by atoms with Gasteiger partial charge in [-0.05, 0) is 12.1 Å². The summed E-state index contributed by atoms with van der Waals surface area (Å²) in [5.74, 6) is 0. The molecule has 2 aromatic rings. The number of hydrogen-bond donors (Lipinski definition) is 0. The molecule has 0 unspecified atom stereocenters. The Balaban J connectivity index is 0.000000605. The second kappa shape index (κ2) is 5.09. The van der Waals surface area contributed by atoms with E-state index in [0.717, 1.165) is 5.52 Å². The summed E-state index contributed by atoms with van der Waals surface area (Å²) in [7, 11) is 0. The zero-order valence-electron chi connectivity index (χ0n) is 6.29. The number of benzene rings is 1. The quantitative estimate of drug-likeness (QED) is 0.618. The monoisotopic (exact) mass is 220 g/mol. The van der Waals surface area contributed by atoms with Gasteiger partial charge in [0.25, 0.3) is 0 Å². The van der Waals surface area contributed by atoms with Gasteiger partial charge in [-0.25, -0.2) is 0 Å². The molecular formula is C9H7CuNSi. The molecule has 2 rings (SSSR count). The Morgan fingerprint density at radius 2 is 1.58 bits per heavy atom. The van der Waals surface area contributed by atoms with Crippen molar-refractivity contribution in [2.24, 2.45) is 0 Å². The molecule has 1 nitrogen and oxygen atoms in total. The minimum absolute atomic E-state index is 0. The molecule has 5 radical (unpaired) electrons. The van der Waals surface area contributed by atoms with Crippen molar-refractivity contribution < 1.29 is 17.1 Å². The third kappa shape index (κ3) is 2.17. The van der Waals surface area contributed by atoms with Crippen molar-refractivity contribution in [3.05, 3.63) is 42.6 Å². The summed E-state index contributed by atoms with van der Waals surface area (Å²) in [5, 5.41) is 1.20. The van der Waals surface area contributed by atoms with Crippen LogP contribution < -0.4 is 0 Å². The first-order valence-electron chi connectivity index (χ1n) is 3.26. The molecule has 63 valence electrons. The number of nitrogens with zero attached hydrogens (tertiary/aromatic N) is 1. The van der Waals surface area contributed by atoms with E-state index in [1.807, 2.05) is 30.5 Å². The molecule has 0 saturated carbocycles. The Bertz CT molecular complexity index is 286. The van der Waals surface area contributed by atoms with Crippen LogP contribution in [-0.4, -0.2) is 15.9 Å². The Labute approximate surface area is 86.7 Å². The van der Waals surface area contributed by atoms with E-state index in [4.69, 9.17) is 0 Å². The first kappa shape index (κ1) is 11.4. The van der Waals surface area contributed by atoms with Gasteiger partial charge >= 0.3 is 0 Å². The summed E-state index contributed by atoms with van der Waals surface area (Å²) in [6, 6.07) is 12.1. The molecule has 0 aliphatic heterocycles. The van der Waals surface area contributed by atoms with Crippen molar-refractivity contribution in [2.75, 3.05) is 0 Å². The molecule has 0 amide bonds. The fourth-order valence-corrected chi connectivity index (χ4v) is 1.02. The number of para-hydroxylation sites is 1. The van der Waals surface area contributed by atoms with Gasteiger partial charge in [0, 0.05) is 39.6 Å². The molecule has 0 saturated heterocycles. The average molecular weight is 221 g/mol. The zero-order chi connectivity index (χ0) is 6.81. The van der Waals surface area contributed by atoms with Crippen LogP contribution in [0.5, 0.6) is 0 Å². The SMILES string of the molecule is [Cu].[Si].c1ccc2ncccc2c1. The molecule has 0 atom stereocenters. The van der Waals surface area contributed by atoms with Gasteiger partial charge in [0.1, 0.15) is 0 Å². The summed E-state index contributed by atoms with van der Waals surface area (Å²) in [5.41, 5.74) is 1.06. The van der Waals surface area contributed by atoms with Crippen LogP contribution in [0, 0.1) is 0 Å². The molecule has 12 heavy (non-hydrogen) atoms. The van der Waals surface area contributed by atoms with Crippen LogP contribution in [0.1, 0.15) is 0 Å². The Kier molecular flexibility index (Phi) is 4.82. The van der Waals surface area contributed by atoms with Crippen molar-refractivity contribution in [1.29, 1.82) is 0 Å². The maximum absolute atomic E-state index is 4.18. The number of rotatable bonds is 0. The van der Waals surface area contributed by atoms with Crippen molar-refractivity contribution in [1.82, 2.24) is 4.98 Å². The van der Waals surface area contributed by atoms with Crippen molar-refractivity contribution in [3.63, 3.8) is 0 Å². The molecule has 0 fully saturated rings. The fourth-order valence-electron chi connectivity index (χ4n) is 1.02. The van der Waals surface area contributed by atoms with Crippen molar-refractivity contribution >= 4 is 21.9 Å². The molecule has 0 bridgehead atoms. The van der Waals surface area contributed by atoms with E-state index in [9.17, 15) is 0 Å². The van der Waals surface area contributed by atoms with Gasteiger partial charge in [-0.1, -0.05) is 24.3 Å². The predicted octanol–water partition coefficient (Wildman–Crippen LogP) is 1.85. The van der Waals surface area contributed by atoms with E-state index < -0.39 is 0 Å². The summed E-state index contributed by atoms with van der Waals surface area (Å²) in [4.78, 5) is 4.18. The van der Waals surface area contributed by atoms with Gasteiger partial charge in [0.15, 0.2) is 0 Å². The Morgan fingerprint density at radius 1 is 0.917 bits per heavy atom. The maximum Gasteiger partial charge on any atom is 0.0701 e. The van der Waals surface area contributed by atoms with E-state index >= 15 is 0 Å². The van der Waals surface area contributed by atoms with Crippen LogP contribution in [0.2, 0.25) is 0 Å². The molecule has 0 aliphatic rings. The largest absolute Gasteiger partial charge is 0.256 e. The van der Waals surface area contributed by atoms with Crippen LogP contribution in [0.3, 0.4) is 0 Å². The molecular weight excluding hydrogens is 214 g/mol. The maximum atomic E-state index is 4.18. The smallest absolute Gasteiger partial charge is 0.0701 e. The van der Waals surface area contributed by atoms with E-state index in [2.05, 4.69) is 17.1 Å². The molecule has 0 N–H and O–H groups in total. The molecule has 3 heteroatoms. The topological polar surface area (TPSA) is 12.9 Å². The number of pyridine rings is 1. The standard InChI is InChI=1S/C9H7N.Cu.Si/c1-2-6-9-8(4-1)5-3-7-10-9;;/h1-7H;;. The first-order chi connectivity index (χ1) is 4.97. The molecule has 1 heterocycles. The Hall–Kier alpha value is -0.634. The molecule has 0 spiro atoms. The van der Waals surface area contributed by atoms with Gasteiger partial charge in [-0.3, -0.25) is 4.98 Å². The van der Waals surface area contributed by atoms with E-state index in [-0.39, 0.29) is 28.0 Å². The van der Waals surface area contributed by atoms with E-state index in [1.54, 1.807) is 0 Å². The minimum Gasteiger partial charge on any atom is -0.256 e. The van der Waals surface area contributed by atoms with Gasteiger partial charge in [0.05, 0.1) is 5.52 Å². The summed E-state index contributed by atoms with van der Waals surface area (Å²) >= 11 is 0. The van der Waals surface area contributed by atoms with Gasteiger partial charge in [-0.15, -0.1) is 0 Å². The van der Waals surface area contributed by atoms with Crippen molar-refractivity contribution in [2.45, 2.75) is 0 Å². The Morgan fingerprint density at radius 3 is 2.33 bits per heavy atom. The molecule has 1 aromatic heterocycles. The summed E-state index contributed by atoms with van der Waals surface area (Å²) in [6.45, 7) is 0. The second-order valence-corrected chi connectivity index (χ2v) is 2.20. The van der Waals surface area contributed by atoms with Crippen molar-refractivity contribution in [3.8, 4) is 0 Å². The summed E-state index contributed by atoms with van der Waals surface area (Å²) in [6.07, 6.45) is 1.81. The molecule has 1 aromatic carbocycles. The first-order valence-corrected chi connectivity index (χ1v) is 3.26. The van der Waals surface area contributed by atoms with E-state index in [1.165, 1.54) is 5.39 Å². The minimum atomic E-state index is 0. The van der Waals surface area contributed by atoms with Gasteiger partial charge in [0.2, 0.25) is 0 Å². The van der Waals surface area contributed by atoms with Crippen LogP contribution >= 0.6 is 0 Å². The van der Waals surface area contributed by atoms with Crippen LogP contribution in [0.4, 0.5) is 0 Å². The predicted molar refractivity (Wildman–Crippen MR) is 47.5 cm³/mol. The van der Waals surface area contributed by atoms with Gasteiger partial charge in [-0.2, -0.15) is 0 Å².